The average molecular weight is 707 g/mol. The number of nitrogens with zero attached hydrogens (tertiary/aromatic N) is 1. The lowest BCUT2D eigenvalue weighted by Crippen LogP contribution is -2.61. The van der Waals surface area contributed by atoms with Crippen molar-refractivity contribution < 1.29 is 28.2 Å². The molecule has 7 rings (SSSR count). The van der Waals surface area contributed by atoms with Crippen molar-refractivity contribution in [3.8, 4) is 5.75 Å². The van der Waals surface area contributed by atoms with Crippen molar-refractivity contribution in [2.45, 2.75) is 93.7 Å². The van der Waals surface area contributed by atoms with E-state index in [-0.39, 0.29) is 29.8 Å². The minimum Gasteiger partial charge on any atom is -0.490 e. The van der Waals surface area contributed by atoms with E-state index in [4.69, 9.17) is 10.5 Å². The van der Waals surface area contributed by atoms with Crippen LogP contribution in [0.5, 0.6) is 5.75 Å². The highest BCUT2D eigenvalue weighted by Crippen LogP contribution is 2.40. The number of piperidine rings is 1. The lowest BCUT2D eigenvalue weighted by Gasteiger charge is -2.41. The van der Waals surface area contributed by atoms with Crippen LogP contribution in [0.4, 0.5) is 8.78 Å². The van der Waals surface area contributed by atoms with E-state index < -0.39 is 35.4 Å². The number of carbonyl (C=O) groups excluding carboxylic acids is 2. The van der Waals surface area contributed by atoms with Crippen LogP contribution >= 0.6 is 15.9 Å². The van der Waals surface area contributed by atoms with Gasteiger partial charge in [0.1, 0.15) is 5.75 Å². The number of carbonyl (C=O) groups is 2. The Hall–Kier alpha value is -3.60. The maximum atomic E-state index is 16.6. The Kier molecular flexibility index (Phi) is 8.70. The van der Waals surface area contributed by atoms with Crippen molar-refractivity contribution in [3.63, 3.8) is 0 Å². The van der Waals surface area contributed by atoms with E-state index in [1.165, 1.54) is 17.0 Å². The van der Waals surface area contributed by atoms with Crippen LogP contribution in [0.15, 0.2) is 77.3 Å². The number of nitrogens with two attached hydrogens (primary N) is 1. The van der Waals surface area contributed by atoms with Gasteiger partial charge in [0.2, 0.25) is 0 Å². The summed E-state index contributed by atoms with van der Waals surface area (Å²) in [7, 11) is 0. The number of alkyl halides is 2. The van der Waals surface area contributed by atoms with E-state index in [9.17, 15) is 14.7 Å². The maximum Gasteiger partial charge on any atom is 0.302 e. The molecule has 47 heavy (non-hydrogen) atoms. The third kappa shape index (κ3) is 6.35. The third-order valence-electron chi connectivity index (χ3n) is 10.1. The molecule has 3 aliphatic rings. The van der Waals surface area contributed by atoms with E-state index in [2.05, 4.69) is 21.2 Å². The number of amides is 2. The topological polar surface area (TPSA) is 105 Å². The molecular formula is C37H38BrF2N3O4. The lowest BCUT2D eigenvalue weighted by atomic mass is 9.93. The van der Waals surface area contributed by atoms with Gasteiger partial charge in [-0.05, 0) is 115 Å². The van der Waals surface area contributed by atoms with Gasteiger partial charge in [-0.25, -0.2) is 0 Å². The molecule has 0 spiro atoms. The molecule has 0 radical (unpaired) electrons. The van der Waals surface area contributed by atoms with Gasteiger partial charge in [-0.1, -0.05) is 52.3 Å². The highest BCUT2D eigenvalue weighted by atomic mass is 79.9. The predicted molar refractivity (Wildman–Crippen MR) is 180 cm³/mol. The molecule has 1 saturated carbocycles. The van der Waals surface area contributed by atoms with Crippen molar-refractivity contribution in [1.29, 1.82) is 0 Å². The summed E-state index contributed by atoms with van der Waals surface area (Å²) in [5, 5.41) is 16.4. The first-order valence-corrected chi connectivity index (χ1v) is 17.2. The maximum absolute atomic E-state index is 16.6. The number of aliphatic hydroxyl groups is 1. The number of halogens is 3. The van der Waals surface area contributed by atoms with Crippen molar-refractivity contribution in [1.82, 2.24) is 10.2 Å². The standard InChI is InChI=1S/C37H38BrF2N3O4/c38-27-11-8-22-16-26(10-7-23(22)17-27)37(39,40)34(36(46)43-29-12-13-30(43)20-28(41)19-29)42-35(45)33(44)25-6-5-24-18-32(14-9-21(24)15-25)47-31-3-1-2-4-31/h5-11,14-18,28-31,33-34,44H,1-4,12-13,19-20,41H2,(H,42,45)/t28?,29?,30?,33-,34-/m0/s1. The predicted octanol–water partition coefficient (Wildman–Crippen LogP) is 6.87. The van der Waals surface area contributed by atoms with Crippen LogP contribution in [0.1, 0.15) is 68.6 Å². The lowest BCUT2D eigenvalue weighted by molar-refractivity contribution is -0.155. The van der Waals surface area contributed by atoms with Crippen molar-refractivity contribution >= 4 is 49.3 Å². The van der Waals surface area contributed by atoms with Gasteiger partial charge in [0.25, 0.3) is 11.8 Å². The van der Waals surface area contributed by atoms with Gasteiger partial charge in [-0.2, -0.15) is 8.78 Å². The first-order valence-electron chi connectivity index (χ1n) is 16.4. The zero-order valence-electron chi connectivity index (χ0n) is 25.9. The Morgan fingerprint density at radius 3 is 2.23 bits per heavy atom. The van der Waals surface area contributed by atoms with Crippen molar-refractivity contribution in [2.24, 2.45) is 5.73 Å². The molecule has 4 aromatic carbocycles. The fraction of sp³-hybridized carbons (Fsp3) is 0.405. The van der Waals surface area contributed by atoms with E-state index in [1.807, 2.05) is 24.3 Å². The van der Waals surface area contributed by atoms with Gasteiger partial charge >= 0.3 is 5.92 Å². The van der Waals surface area contributed by atoms with Crippen LogP contribution < -0.4 is 15.8 Å². The Bertz CT molecular complexity index is 1820. The zero-order valence-corrected chi connectivity index (χ0v) is 27.5. The number of nitrogens with one attached hydrogen (secondary N) is 1. The summed E-state index contributed by atoms with van der Waals surface area (Å²) in [4.78, 5) is 29.2. The van der Waals surface area contributed by atoms with Crippen LogP contribution in [-0.4, -0.2) is 52.1 Å². The van der Waals surface area contributed by atoms with Crippen LogP contribution in [-0.2, 0) is 15.5 Å². The fourth-order valence-electron chi connectivity index (χ4n) is 7.68. The second-order valence-electron chi connectivity index (χ2n) is 13.3. The molecule has 3 fully saturated rings. The molecule has 4 aromatic rings. The SMILES string of the molecule is NC1CC2CCC(C1)N2C(=O)[C@H](NC(=O)[C@@H](O)c1ccc2cc(OC3CCCC3)ccc2c1)C(F)(F)c1ccc2cc(Br)ccc2c1. The third-order valence-corrected chi connectivity index (χ3v) is 10.6. The summed E-state index contributed by atoms with van der Waals surface area (Å²) >= 11 is 3.41. The molecule has 2 heterocycles. The number of ether oxygens (including phenoxy) is 1. The molecular weight excluding hydrogens is 668 g/mol. The molecule has 2 amide bonds. The van der Waals surface area contributed by atoms with Gasteiger partial charge < -0.3 is 25.8 Å². The van der Waals surface area contributed by atoms with Gasteiger partial charge in [0.05, 0.1) is 6.10 Å². The van der Waals surface area contributed by atoms with Crippen LogP contribution in [0.3, 0.4) is 0 Å². The second-order valence-corrected chi connectivity index (χ2v) is 14.2. The van der Waals surface area contributed by atoms with Crippen LogP contribution in [0.2, 0.25) is 0 Å². The largest absolute Gasteiger partial charge is 0.490 e. The Morgan fingerprint density at radius 2 is 1.49 bits per heavy atom. The summed E-state index contributed by atoms with van der Waals surface area (Å²) in [6, 6.07) is 17.3. The molecule has 1 aliphatic carbocycles. The molecule has 4 atom stereocenters. The molecule has 2 unspecified atom stereocenters. The molecule has 4 N–H and O–H groups in total. The fourth-order valence-corrected chi connectivity index (χ4v) is 8.06. The summed E-state index contributed by atoms with van der Waals surface area (Å²) in [6.07, 6.45) is 5.21. The highest BCUT2D eigenvalue weighted by molar-refractivity contribution is 9.10. The average Bonchev–Trinajstić information content (AvgIpc) is 3.67. The molecule has 2 saturated heterocycles. The molecule has 2 aliphatic heterocycles. The molecule has 7 nitrogen and oxygen atoms in total. The van der Waals surface area contributed by atoms with Crippen LogP contribution in [0.25, 0.3) is 21.5 Å². The number of aliphatic hydroxyl groups excluding tert-OH is 1. The molecule has 0 aromatic heterocycles. The Balaban J connectivity index is 1.17. The Labute approximate surface area is 280 Å². The van der Waals surface area contributed by atoms with Gasteiger partial charge in [0.15, 0.2) is 12.1 Å². The summed E-state index contributed by atoms with van der Waals surface area (Å²) in [5.74, 6) is -4.97. The number of benzene rings is 4. The number of hydrogen-bond donors (Lipinski definition) is 3. The molecule has 10 heteroatoms. The normalized spacial score (nSPS) is 22.8. The number of rotatable bonds is 8. The summed E-state index contributed by atoms with van der Waals surface area (Å²) < 4.78 is 40.1. The number of hydrogen-bond acceptors (Lipinski definition) is 5. The van der Waals surface area contributed by atoms with E-state index in [1.54, 1.807) is 36.4 Å². The zero-order chi connectivity index (χ0) is 32.9. The highest BCUT2D eigenvalue weighted by Gasteiger charge is 2.53. The second kappa shape index (κ2) is 12.8. The quantitative estimate of drug-likeness (QED) is 0.186. The van der Waals surface area contributed by atoms with Gasteiger partial charge in [-0.15, -0.1) is 0 Å². The van der Waals surface area contributed by atoms with Crippen molar-refractivity contribution in [2.75, 3.05) is 0 Å². The minimum absolute atomic E-state index is 0.106. The van der Waals surface area contributed by atoms with E-state index >= 15 is 8.78 Å². The molecule has 2 bridgehead atoms. The number of fused-ring (bicyclic) bond motifs is 4. The van der Waals surface area contributed by atoms with E-state index in [0.717, 1.165) is 52.1 Å². The minimum atomic E-state index is -3.79. The van der Waals surface area contributed by atoms with E-state index in [0.29, 0.717) is 31.1 Å². The first kappa shape index (κ1) is 32.0. The Morgan fingerprint density at radius 1 is 0.872 bits per heavy atom. The van der Waals surface area contributed by atoms with Crippen molar-refractivity contribution in [3.05, 3.63) is 88.4 Å². The van der Waals surface area contributed by atoms with Crippen LogP contribution in [0, 0.1) is 0 Å². The summed E-state index contributed by atoms with van der Waals surface area (Å²) in [5.41, 5.74) is 6.03. The molecule has 246 valence electrons. The van der Waals surface area contributed by atoms with Gasteiger partial charge in [0, 0.05) is 28.2 Å². The first-order chi connectivity index (χ1) is 22.6. The van der Waals surface area contributed by atoms with Gasteiger partial charge in [-0.3, -0.25) is 9.59 Å². The monoisotopic (exact) mass is 705 g/mol. The smallest absolute Gasteiger partial charge is 0.302 e. The summed E-state index contributed by atoms with van der Waals surface area (Å²) in [6.45, 7) is 0.